The summed E-state index contributed by atoms with van der Waals surface area (Å²) in [6.45, 7) is 6.62. The van der Waals surface area contributed by atoms with E-state index in [4.69, 9.17) is 5.73 Å². The van der Waals surface area contributed by atoms with Gasteiger partial charge in [-0.3, -0.25) is 0 Å². The molecule has 0 spiro atoms. The molecule has 1 fully saturated rings. The number of halogens is 2. The van der Waals surface area contributed by atoms with E-state index in [1.54, 1.807) is 0 Å². The van der Waals surface area contributed by atoms with Crippen LogP contribution in [0.1, 0.15) is 17.0 Å². The number of hydrogen-bond donors (Lipinski definition) is 1. The van der Waals surface area contributed by atoms with Crippen molar-refractivity contribution in [2.75, 3.05) is 31.1 Å². The van der Waals surface area contributed by atoms with Crippen LogP contribution in [-0.2, 0) is 13.1 Å². The number of aromatic nitrogens is 2. The minimum absolute atomic E-state index is 0. The molecular weight excluding hydrogens is 506 g/mol. The number of guanidine groups is 1. The van der Waals surface area contributed by atoms with Crippen LogP contribution in [0.5, 0.6) is 0 Å². The first kappa shape index (κ1) is 23.1. The van der Waals surface area contributed by atoms with Crippen LogP contribution in [0.15, 0.2) is 65.9 Å². The number of rotatable bonds is 5. The van der Waals surface area contributed by atoms with Crippen LogP contribution >= 0.6 is 24.0 Å². The van der Waals surface area contributed by atoms with Gasteiger partial charge in [0.05, 0.1) is 6.54 Å². The van der Waals surface area contributed by atoms with E-state index < -0.39 is 0 Å². The minimum Gasteiger partial charge on any atom is -0.370 e. The predicted octanol–water partition coefficient (Wildman–Crippen LogP) is 3.63. The average molecular weight is 534 g/mol. The molecule has 1 aliphatic heterocycles. The summed E-state index contributed by atoms with van der Waals surface area (Å²) >= 11 is 0. The normalized spacial score (nSPS) is 14.5. The second kappa shape index (κ2) is 10.6. The predicted molar refractivity (Wildman–Crippen MR) is 133 cm³/mol. The van der Waals surface area contributed by atoms with E-state index in [1.807, 2.05) is 31.5 Å². The average Bonchev–Trinajstić information content (AvgIpc) is 3.17. The van der Waals surface area contributed by atoms with E-state index in [0.29, 0.717) is 12.5 Å². The molecule has 1 aliphatic rings. The molecule has 0 unspecified atom stereocenters. The number of nitrogens with two attached hydrogens (primary N) is 1. The summed E-state index contributed by atoms with van der Waals surface area (Å²) in [5.41, 5.74) is 9.66. The number of benzene rings is 2. The molecule has 6 nitrogen and oxygen atoms in total. The van der Waals surface area contributed by atoms with E-state index in [2.05, 4.69) is 48.6 Å². The summed E-state index contributed by atoms with van der Waals surface area (Å²) in [6, 6.07) is 15.1. The van der Waals surface area contributed by atoms with Gasteiger partial charge in [-0.1, -0.05) is 24.3 Å². The molecule has 0 amide bonds. The molecule has 8 heteroatoms. The Hall–Kier alpha value is -2.62. The van der Waals surface area contributed by atoms with Gasteiger partial charge in [0.2, 0.25) is 0 Å². The smallest absolute Gasteiger partial charge is 0.191 e. The highest BCUT2D eigenvalue weighted by molar-refractivity contribution is 14.0. The molecule has 164 valence electrons. The number of anilines is 1. The molecule has 4 rings (SSSR count). The first-order valence-corrected chi connectivity index (χ1v) is 10.2. The zero-order valence-corrected chi connectivity index (χ0v) is 19.9. The van der Waals surface area contributed by atoms with Crippen LogP contribution in [0.3, 0.4) is 0 Å². The number of hydrogen-bond acceptors (Lipinski definition) is 3. The summed E-state index contributed by atoms with van der Waals surface area (Å²) in [7, 11) is 0. The number of aliphatic imine (C=N–C) groups is 1. The van der Waals surface area contributed by atoms with Crippen molar-refractivity contribution >= 4 is 35.6 Å². The number of piperazine rings is 1. The van der Waals surface area contributed by atoms with Crippen molar-refractivity contribution in [3.63, 3.8) is 0 Å². The maximum Gasteiger partial charge on any atom is 0.191 e. The SMILES string of the molecule is Cc1nccn1Cc1cccc(CN=C(N)N2CCN(c3ccc(F)cc3)CC2)c1.I. The first-order chi connectivity index (χ1) is 14.6. The highest BCUT2D eigenvalue weighted by atomic mass is 127. The number of aryl methyl sites for hydroxylation is 1. The van der Waals surface area contributed by atoms with Gasteiger partial charge in [-0.15, -0.1) is 24.0 Å². The molecular formula is C23H28FIN6. The molecule has 0 aliphatic carbocycles. The third kappa shape index (κ3) is 5.96. The number of imidazole rings is 1. The molecule has 31 heavy (non-hydrogen) atoms. The third-order valence-corrected chi connectivity index (χ3v) is 5.49. The van der Waals surface area contributed by atoms with Crippen LogP contribution in [-0.4, -0.2) is 46.6 Å². The Labute approximate surface area is 199 Å². The molecule has 3 aromatic rings. The Balaban J connectivity index is 0.00000272. The Morgan fingerprint density at radius 2 is 1.77 bits per heavy atom. The molecule has 2 aromatic carbocycles. The van der Waals surface area contributed by atoms with Gasteiger partial charge in [0.1, 0.15) is 11.6 Å². The molecule has 0 radical (unpaired) electrons. The standard InChI is InChI=1S/C23H27FN6.HI/c1-18-26-9-10-30(18)17-20-4-2-3-19(15-20)16-27-23(25)29-13-11-28(12-14-29)22-7-5-21(24)6-8-22;/h2-10,15H,11-14,16-17H2,1H3,(H2,25,27);1H. The summed E-state index contributed by atoms with van der Waals surface area (Å²) in [5, 5.41) is 0. The van der Waals surface area contributed by atoms with Crippen molar-refractivity contribution in [3.8, 4) is 0 Å². The lowest BCUT2D eigenvalue weighted by Crippen LogP contribution is -2.51. The van der Waals surface area contributed by atoms with Gasteiger partial charge in [0.15, 0.2) is 5.96 Å². The molecule has 1 saturated heterocycles. The monoisotopic (exact) mass is 534 g/mol. The molecule has 0 saturated carbocycles. The summed E-state index contributed by atoms with van der Waals surface area (Å²) in [4.78, 5) is 13.2. The van der Waals surface area contributed by atoms with Crippen LogP contribution in [0.25, 0.3) is 0 Å². The lowest BCUT2D eigenvalue weighted by atomic mass is 10.1. The lowest BCUT2D eigenvalue weighted by Gasteiger charge is -2.36. The fourth-order valence-corrected chi connectivity index (χ4v) is 3.71. The maximum absolute atomic E-state index is 13.1. The third-order valence-electron chi connectivity index (χ3n) is 5.49. The highest BCUT2D eigenvalue weighted by Crippen LogP contribution is 2.17. The van der Waals surface area contributed by atoms with Crippen molar-refractivity contribution in [2.24, 2.45) is 10.7 Å². The van der Waals surface area contributed by atoms with E-state index in [1.165, 1.54) is 17.7 Å². The molecule has 1 aromatic heterocycles. The van der Waals surface area contributed by atoms with E-state index >= 15 is 0 Å². The van der Waals surface area contributed by atoms with E-state index in [-0.39, 0.29) is 29.8 Å². The van der Waals surface area contributed by atoms with Crippen molar-refractivity contribution in [1.82, 2.24) is 14.5 Å². The second-order valence-corrected chi connectivity index (χ2v) is 7.55. The number of nitrogens with zero attached hydrogens (tertiary/aromatic N) is 5. The van der Waals surface area contributed by atoms with Gasteiger partial charge in [-0.2, -0.15) is 0 Å². The van der Waals surface area contributed by atoms with Crippen LogP contribution in [0.2, 0.25) is 0 Å². The van der Waals surface area contributed by atoms with Gasteiger partial charge in [0, 0.05) is 50.8 Å². The summed E-state index contributed by atoms with van der Waals surface area (Å²) in [6.07, 6.45) is 3.81. The van der Waals surface area contributed by atoms with Gasteiger partial charge in [-0.25, -0.2) is 14.4 Å². The van der Waals surface area contributed by atoms with Crippen LogP contribution < -0.4 is 10.6 Å². The topological polar surface area (TPSA) is 62.7 Å². The van der Waals surface area contributed by atoms with Crippen LogP contribution in [0.4, 0.5) is 10.1 Å². The van der Waals surface area contributed by atoms with Crippen molar-refractivity contribution in [1.29, 1.82) is 0 Å². The molecule has 0 bridgehead atoms. The first-order valence-electron chi connectivity index (χ1n) is 10.2. The van der Waals surface area contributed by atoms with Crippen LogP contribution in [0, 0.1) is 12.7 Å². The molecule has 2 N–H and O–H groups in total. The lowest BCUT2D eigenvalue weighted by molar-refractivity contribution is 0.380. The summed E-state index contributed by atoms with van der Waals surface area (Å²) < 4.78 is 15.2. The zero-order valence-electron chi connectivity index (χ0n) is 17.6. The second-order valence-electron chi connectivity index (χ2n) is 7.55. The van der Waals surface area contributed by atoms with Gasteiger partial charge in [0.25, 0.3) is 0 Å². The quantitative estimate of drug-likeness (QED) is 0.309. The van der Waals surface area contributed by atoms with Crippen molar-refractivity contribution in [2.45, 2.75) is 20.0 Å². The Bertz CT molecular complexity index is 1010. The molecule has 0 atom stereocenters. The molecule has 2 heterocycles. The maximum atomic E-state index is 13.1. The summed E-state index contributed by atoms with van der Waals surface area (Å²) in [5.74, 6) is 1.37. The largest absolute Gasteiger partial charge is 0.370 e. The Morgan fingerprint density at radius 3 is 2.45 bits per heavy atom. The fraction of sp³-hybridized carbons (Fsp3) is 0.304. The van der Waals surface area contributed by atoms with Gasteiger partial charge in [-0.05, 0) is 42.3 Å². The Kier molecular flexibility index (Phi) is 7.89. The zero-order chi connectivity index (χ0) is 20.9. The van der Waals surface area contributed by atoms with E-state index in [0.717, 1.165) is 49.8 Å². The van der Waals surface area contributed by atoms with Gasteiger partial charge < -0.3 is 20.1 Å². The van der Waals surface area contributed by atoms with Crippen molar-refractivity contribution in [3.05, 3.63) is 83.7 Å². The fourth-order valence-electron chi connectivity index (χ4n) is 3.71. The highest BCUT2D eigenvalue weighted by Gasteiger charge is 2.18. The Morgan fingerprint density at radius 1 is 1.06 bits per heavy atom. The van der Waals surface area contributed by atoms with Crippen molar-refractivity contribution < 1.29 is 4.39 Å². The minimum atomic E-state index is -0.210. The van der Waals surface area contributed by atoms with Gasteiger partial charge >= 0.3 is 0 Å². The van der Waals surface area contributed by atoms with E-state index in [9.17, 15) is 4.39 Å².